The molecule has 2 unspecified atom stereocenters. The first-order chi connectivity index (χ1) is 8.29. The third-order valence-corrected chi connectivity index (χ3v) is 2.65. The smallest absolute Gasteiger partial charge is 0.149 e. The highest BCUT2D eigenvalue weighted by Crippen LogP contribution is 2.22. The number of nitrogens with one attached hydrogen (secondary N) is 1. The van der Waals surface area contributed by atoms with Gasteiger partial charge in [0.05, 0.1) is 12.6 Å². The third-order valence-electron chi connectivity index (χ3n) is 2.65. The Morgan fingerprint density at radius 2 is 2.41 bits per heavy atom. The zero-order valence-corrected chi connectivity index (χ0v) is 9.86. The SMILES string of the molecule is CCOc1cccc(NC2CCO[CH]C2F)c1. The van der Waals surface area contributed by atoms with Gasteiger partial charge in [-0.05, 0) is 25.5 Å². The summed E-state index contributed by atoms with van der Waals surface area (Å²) in [4.78, 5) is 0. The second kappa shape index (κ2) is 5.87. The Kier molecular flexibility index (Phi) is 4.20. The van der Waals surface area contributed by atoms with E-state index in [1.807, 2.05) is 31.2 Å². The molecule has 1 aromatic carbocycles. The number of ether oxygens (including phenoxy) is 2. The van der Waals surface area contributed by atoms with E-state index in [1.165, 1.54) is 6.61 Å². The topological polar surface area (TPSA) is 30.5 Å². The fraction of sp³-hybridized carbons (Fsp3) is 0.462. The summed E-state index contributed by atoms with van der Waals surface area (Å²) < 4.78 is 23.9. The van der Waals surface area contributed by atoms with Crippen molar-refractivity contribution in [3.63, 3.8) is 0 Å². The van der Waals surface area contributed by atoms with E-state index < -0.39 is 6.17 Å². The van der Waals surface area contributed by atoms with Crippen LogP contribution in [0.5, 0.6) is 5.75 Å². The summed E-state index contributed by atoms with van der Waals surface area (Å²) >= 11 is 0. The molecule has 0 aliphatic carbocycles. The number of anilines is 1. The van der Waals surface area contributed by atoms with Crippen LogP contribution < -0.4 is 10.1 Å². The minimum absolute atomic E-state index is 0.222. The lowest BCUT2D eigenvalue weighted by Crippen LogP contribution is -2.36. The van der Waals surface area contributed by atoms with Gasteiger partial charge in [0.2, 0.25) is 0 Å². The van der Waals surface area contributed by atoms with Crippen molar-refractivity contribution < 1.29 is 13.9 Å². The zero-order valence-electron chi connectivity index (χ0n) is 9.86. The lowest BCUT2D eigenvalue weighted by atomic mass is 10.1. The van der Waals surface area contributed by atoms with Gasteiger partial charge in [-0.3, -0.25) is 0 Å². The molecule has 0 amide bonds. The number of halogens is 1. The normalized spacial score (nSPS) is 24.4. The van der Waals surface area contributed by atoms with E-state index in [9.17, 15) is 4.39 Å². The van der Waals surface area contributed by atoms with Crippen LogP contribution in [0.4, 0.5) is 10.1 Å². The van der Waals surface area contributed by atoms with Gasteiger partial charge in [0.15, 0.2) is 0 Å². The maximum absolute atomic E-state index is 13.5. The second-order valence-corrected chi connectivity index (χ2v) is 3.95. The number of alkyl halides is 1. The van der Waals surface area contributed by atoms with Crippen molar-refractivity contribution in [3.05, 3.63) is 30.9 Å². The Hall–Kier alpha value is -1.29. The maximum atomic E-state index is 13.5. The first-order valence-corrected chi connectivity index (χ1v) is 5.88. The fourth-order valence-corrected chi connectivity index (χ4v) is 1.82. The van der Waals surface area contributed by atoms with Crippen molar-refractivity contribution in [3.8, 4) is 5.75 Å². The van der Waals surface area contributed by atoms with E-state index in [0.717, 1.165) is 11.4 Å². The Morgan fingerprint density at radius 3 is 3.18 bits per heavy atom. The molecule has 1 aliphatic heterocycles. The number of rotatable bonds is 4. The molecule has 2 atom stereocenters. The molecule has 1 N–H and O–H groups in total. The van der Waals surface area contributed by atoms with Crippen LogP contribution in [-0.4, -0.2) is 25.4 Å². The number of hydrogen-bond donors (Lipinski definition) is 1. The summed E-state index contributed by atoms with van der Waals surface area (Å²) in [6, 6.07) is 7.35. The van der Waals surface area contributed by atoms with Gasteiger partial charge >= 0.3 is 0 Å². The van der Waals surface area contributed by atoms with Crippen LogP contribution in [0, 0.1) is 6.61 Å². The first kappa shape index (κ1) is 12.2. The van der Waals surface area contributed by atoms with Crippen LogP contribution in [0.15, 0.2) is 24.3 Å². The molecule has 2 rings (SSSR count). The molecule has 17 heavy (non-hydrogen) atoms. The average molecular weight is 238 g/mol. The highest BCUT2D eigenvalue weighted by atomic mass is 19.1. The van der Waals surface area contributed by atoms with Gasteiger partial charge in [-0.25, -0.2) is 4.39 Å². The molecule has 1 heterocycles. The highest BCUT2D eigenvalue weighted by molar-refractivity contribution is 5.49. The predicted molar refractivity (Wildman–Crippen MR) is 64.8 cm³/mol. The molecule has 1 saturated heterocycles. The van der Waals surface area contributed by atoms with E-state index >= 15 is 0 Å². The quantitative estimate of drug-likeness (QED) is 0.875. The summed E-state index contributed by atoms with van der Waals surface area (Å²) in [5.74, 6) is 0.795. The third kappa shape index (κ3) is 3.33. The van der Waals surface area contributed by atoms with Crippen molar-refractivity contribution in [2.45, 2.75) is 25.6 Å². The Labute approximate surface area is 101 Å². The number of hydrogen-bond acceptors (Lipinski definition) is 3. The molecular weight excluding hydrogens is 221 g/mol. The minimum atomic E-state index is -1.07. The summed E-state index contributed by atoms with van der Waals surface area (Å²) in [6.45, 7) is 4.38. The van der Waals surface area contributed by atoms with Crippen LogP contribution >= 0.6 is 0 Å². The van der Waals surface area contributed by atoms with Gasteiger partial charge in [0, 0.05) is 18.4 Å². The van der Waals surface area contributed by atoms with Gasteiger partial charge < -0.3 is 14.8 Å². The van der Waals surface area contributed by atoms with Crippen LogP contribution in [-0.2, 0) is 4.74 Å². The molecule has 1 aromatic rings. The summed E-state index contributed by atoms with van der Waals surface area (Å²) in [6.07, 6.45) is -0.407. The monoisotopic (exact) mass is 238 g/mol. The van der Waals surface area contributed by atoms with Gasteiger partial charge in [0.1, 0.15) is 18.5 Å². The van der Waals surface area contributed by atoms with Crippen molar-refractivity contribution in [1.29, 1.82) is 0 Å². The molecule has 1 radical (unpaired) electrons. The molecular formula is C13H17FNO2. The molecule has 3 nitrogen and oxygen atoms in total. The number of benzene rings is 1. The zero-order chi connectivity index (χ0) is 12.1. The second-order valence-electron chi connectivity index (χ2n) is 3.95. The van der Waals surface area contributed by atoms with E-state index in [4.69, 9.17) is 9.47 Å². The highest BCUT2D eigenvalue weighted by Gasteiger charge is 2.25. The van der Waals surface area contributed by atoms with Crippen LogP contribution in [0.3, 0.4) is 0 Å². The lowest BCUT2D eigenvalue weighted by molar-refractivity contribution is 0.0847. The molecule has 4 heteroatoms. The van der Waals surface area contributed by atoms with Crippen molar-refractivity contribution in [2.24, 2.45) is 0 Å². The summed E-state index contributed by atoms with van der Waals surface area (Å²) in [5, 5.41) is 3.16. The summed E-state index contributed by atoms with van der Waals surface area (Å²) in [7, 11) is 0. The van der Waals surface area contributed by atoms with E-state index in [0.29, 0.717) is 19.6 Å². The maximum Gasteiger partial charge on any atom is 0.149 e. The first-order valence-electron chi connectivity index (χ1n) is 5.88. The van der Waals surface area contributed by atoms with E-state index in [-0.39, 0.29) is 6.04 Å². The minimum Gasteiger partial charge on any atom is -0.494 e. The van der Waals surface area contributed by atoms with Crippen LogP contribution in [0.1, 0.15) is 13.3 Å². The molecule has 0 bridgehead atoms. The summed E-state index contributed by atoms with van der Waals surface area (Å²) in [5.41, 5.74) is 0.874. The lowest BCUT2D eigenvalue weighted by Gasteiger charge is -2.27. The van der Waals surface area contributed by atoms with Crippen molar-refractivity contribution in [1.82, 2.24) is 0 Å². The van der Waals surface area contributed by atoms with E-state index in [2.05, 4.69) is 5.32 Å². The predicted octanol–water partition coefficient (Wildman–Crippen LogP) is 2.79. The molecule has 0 aromatic heterocycles. The van der Waals surface area contributed by atoms with Gasteiger partial charge in [-0.2, -0.15) is 0 Å². The molecule has 1 fully saturated rings. The van der Waals surface area contributed by atoms with Crippen molar-refractivity contribution in [2.75, 3.05) is 18.5 Å². The van der Waals surface area contributed by atoms with Crippen LogP contribution in [0.2, 0.25) is 0 Å². The standard InChI is InChI=1S/C13H17FNO2/c1-2-17-11-5-3-4-10(8-11)15-13-6-7-16-9-12(13)14/h3-5,8-9,12-13,15H,2,6-7H2,1H3. The average Bonchev–Trinajstić information content (AvgIpc) is 2.33. The Morgan fingerprint density at radius 1 is 1.53 bits per heavy atom. The molecule has 0 saturated carbocycles. The van der Waals surface area contributed by atoms with Crippen molar-refractivity contribution >= 4 is 5.69 Å². The largest absolute Gasteiger partial charge is 0.494 e. The molecule has 93 valence electrons. The van der Waals surface area contributed by atoms with Gasteiger partial charge in [-0.1, -0.05) is 6.07 Å². The Balaban J connectivity index is 1.99. The Bertz CT molecular complexity index is 359. The molecule has 0 spiro atoms. The van der Waals surface area contributed by atoms with Crippen LogP contribution in [0.25, 0.3) is 0 Å². The fourth-order valence-electron chi connectivity index (χ4n) is 1.82. The molecule has 1 aliphatic rings. The van der Waals surface area contributed by atoms with E-state index in [1.54, 1.807) is 0 Å². The van der Waals surface area contributed by atoms with Gasteiger partial charge in [-0.15, -0.1) is 0 Å². The van der Waals surface area contributed by atoms with Gasteiger partial charge in [0.25, 0.3) is 0 Å².